The van der Waals surface area contributed by atoms with Crippen LogP contribution in [-0.4, -0.2) is 16.9 Å². The molecular weight excluding hydrogens is 249 g/mol. The Hall–Kier alpha value is -0.550. The van der Waals surface area contributed by atoms with Crippen molar-refractivity contribution < 1.29 is 18.3 Å². The highest BCUT2D eigenvalue weighted by atomic mass is 32.1. The lowest BCUT2D eigenvalue weighted by Gasteiger charge is -2.36. The minimum absolute atomic E-state index is 0.0470. The molecule has 1 nitrogen and oxygen atoms in total. The van der Waals surface area contributed by atoms with Crippen LogP contribution in [0, 0.1) is 5.92 Å². The fourth-order valence-electron chi connectivity index (χ4n) is 2.40. The number of alkyl halides is 3. The molecule has 1 saturated carbocycles. The summed E-state index contributed by atoms with van der Waals surface area (Å²) in [5.41, 5.74) is -0.938. The molecule has 0 atom stereocenters. The van der Waals surface area contributed by atoms with Gasteiger partial charge in [-0.05, 0) is 37.1 Å². The summed E-state index contributed by atoms with van der Waals surface area (Å²) in [7, 11) is 0. The van der Waals surface area contributed by atoms with E-state index in [2.05, 4.69) is 0 Å². The molecule has 1 aromatic heterocycles. The molecule has 0 bridgehead atoms. The number of rotatable bonds is 2. The first kappa shape index (κ1) is 12.9. The van der Waals surface area contributed by atoms with E-state index in [-0.39, 0.29) is 25.7 Å². The number of aliphatic hydroxyl groups is 1. The lowest BCUT2D eigenvalue weighted by atomic mass is 9.76. The maximum atomic E-state index is 12.5. The van der Waals surface area contributed by atoms with Crippen molar-refractivity contribution in [1.29, 1.82) is 0 Å². The van der Waals surface area contributed by atoms with Crippen molar-refractivity contribution in [3.05, 3.63) is 22.4 Å². The Kier molecular flexibility index (Phi) is 3.50. The molecule has 2 rings (SSSR count). The Labute approximate surface area is 102 Å². The zero-order valence-electron chi connectivity index (χ0n) is 9.33. The topological polar surface area (TPSA) is 20.2 Å². The van der Waals surface area contributed by atoms with Crippen molar-refractivity contribution in [2.24, 2.45) is 5.92 Å². The maximum Gasteiger partial charge on any atom is 0.391 e. The van der Waals surface area contributed by atoms with Crippen molar-refractivity contribution in [2.75, 3.05) is 0 Å². The first-order valence-corrected chi connectivity index (χ1v) is 6.58. The third-order valence-corrected chi connectivity index (χ3v) is 4.34. The maximum absolute atomic E-state index is 12.5. The number of thiophene rings is 1. The van der Waals surface area contributed by atoms with Crippen molar-refractivity contribution >= 4 is 11.3 Å². The van der Waals surface area contributed by atoms with Crippen LogP contribution >= 0.6 is 11.3 Å². The van der Waals surface area contributed by atoms with Gasteiger partial charge in [-0.3, -0.25) is 0 Å². The third-order valence-electron chi connectivity index (χ3n) is 3.46. The van der Waals surface area contributed by atoms with Crippen molar-refractivity contribution in [2.45, 2.75) is 43.9 Å². The highest BCUT2D eigenvalue weighted by molar-refractivity contribution is 7.09. The molecule has 1 fully saturated rings. The number of hydrogen-bond donors (Lipinski definition) is 1. The largest absolute Gasteiger partial charge is 0.391 e. The van der Waals surface area contributed by atoms with Gasteiger partial charge in [-0.25, -0.2) is 0 Å². The van der Waals surface area contributed by atoms with E-state index < -0.39 is 17.7 Å². The Morgan fingerprint density at radius 2 is 2.00 bits per heavy atom. The van der Waals surface area contributed by atoms with Crippen molar-refractivity contribution in [1.82, 2.24) is 0 Å². The SMILES string of the molecule is OC1(Cc2cccs2)CCC(C(F)(F)F)CC1. The molecule has 1 N–H and O–H groups in total. The minimum atomic E-state index is -4.11. The second kappa shape index (κ2) is 4.61. The van der Waals surface area contributed by atoms with E-state index in [9.17, 15) is 18.3 Å². The minimum Gasteiger partial charge on any atom is -0.390 e. The molecule has 0 amide bonds. The first-order chi connectivity index (χ1) is 7.89. The van der Waals surface area contributed by atoms with E-state index in [4.69, 9.17) is 0 Å². The molecule has 1 aromatic rings. The van der Waals surface area contributed by atoms with Gasteiger partial charge in [0.1, 0.15) is 0 Å². The van der Waals surface area contributed by atoms with E-state index in [0.717, 1.165) is 4.88 Å². The molecule has 0 saturated heterocycles. The predicted molar refractivity (Wildman–Crippen MR) is 61.0 cm³/mol. The van der Waals surface area contributed by atoms with Crippen LogP contribution < -0.4 is 0 Å². The van der Waals surface area contributed by atoms with Crippen LogP contribution in [0.1, 0.15) is 30.6 Å². The van der Waals surface area contributed by atoms with Crippen LogP contribution in [-0.2, 0) is 6.42 Å². The van der Waals surface area contributed by atoms with Crippen LogP contribution in [0.5, 0.6) is 0 Å². The van der Waals surface area contributed by atoms with Crippen LogP contribution in [0.3, 0.4) is 0 Å². The van der Waals surface area contributed by atoms with E-state index >= 15 is 0 Å². The Balaban J connectivity index is 1.93. The monoisotopic (exact) mass is 264 g/mol. The molecule has 0 unspecified atom stereocenters. The molecule has 1 aliphatic rings. The normalized spacial score (nSPS) is 30.5. The molecule has 1 aliphatic carbocycles. The van der Waals surface area contributed by atoms with Gasteiger partial charge >= 0.3 is 6.18 Å². The second-order valence-electron chi connectivity index (χ2n) is 4.80. The average Bonchev–Trinajstić information content (AvgIpc) is 2.68. The Morgan fingerprint density at radius 3 is 2.47 bits per heavy atom. The quantitative estimate of drug-likeness (QED) is 0.862. The van der Waals surface area contributed by atoms with Crippen LogP contribution in [0.2, 0.25) is 0 Å². The van der Waals surface area contributed by atoms with E-state index in [0.29, 0.717) is 6.42 Å². The fourth-order valence-corrected chi connectivity index (χ4v) is 3.24. The molecule has 96 valence electrons. The highest BCUT2D eigenvalue weighted by Gasteiger charge is 2.45. The summed E-state index contributed by atoms with van der Waals surface area (Å²) in [4.78, 5) is 1.04. The molecule has 0 radical (unpaired) electrons. The number of hydrogen-bond acceptors (Lipinski definition) is 2. The molecule has 0 aliphatic heterocycles. The Morgan fingerprint density at radius 1 is 1.35 bits per heavy atom. The summed E-state index contributed by atoms with van der Waals surface area (Å²) in [6.45, 7) is 0. The van der Waals surface area contributed by atoms with Crippen LogP contribution in [0.15, 0.2) is 17.5 Å². The van der Waals surface area contributed by atoms with Crippen LogP contribution in [0.4, 0.5) is 13.2 Å². The van der Waals surface area contributed by atoms with Gasteiger partial charge in [-0.15, -0.1) is 11.3 Å². The Bertz CT molecular complexity index is 350. The van der Waals surface area contributed by atoms with E-state index in [1.165, 1.54) is 11.3 Å². The van der Waals surface area contributed by atoms with Gasteiger partial charge < -0.3 is 5.11 Å². The molecular formula is C12H15F3OS. The first-order valence-electron chi connectivity index (χ1n) is 5.71. The van der Waals surface area contributed by atoms with E-state index in [1.54, 1.807) is 0 Å². The molecule has 0 aromatic carbocycles. The lowest BCUT2D eigenvalue weighted by Crippen LogP contribution is -2.39. The zero-order chi connectivity index (χ0) is 12.5. The lowest BCUT2D eigenvalue weighted by molar-refractivity contribution is -0.192. The van der Waals surface area contributed by atoms with Gasteiger partial charge in [0.15, 0.2) is 0 Å². The fraction of sp³-hybridized carbons (Fsp3) is 0.667. The van der Waals surface area contributed by atoms with Crippen molar-refractivity contribution in [3.63, 3.8) is 0 Å². The average molecular weight is 264 g/mol. The van der Waals surface area contributed by atoms with Gasteiger partial charge in [0.25, 0.3) is 0 Å². The summed E-state index contributed by atoms with van der Waals surface area (Å²) in [5.74, 6) is -1.23. The van der Waals surface area contributed by atoms with Gasteiger partial charge in [0.05, 0.1) is 11.5 Å². The van der Waals surface area contributed by atoms with Gasteiger partial charge in [-0.2, -0.15) is 13.2 Å². The van der Waals surface area contributed by atoms with Gasteiger partial charge in [0, 0.05) is 11.3 Å². The molecule has 1 heterocycles. The molecule has 5 heteroatoms. The summed E-state index contributed by atoms with van der Waals surface area (Å²) in [6.07, 6.45) is -3.04. The third kappa shape index (κ3) is 3.22. The summed E-state index contributed by atoms with van der Waals surface area (Å²) < 4.78 is 37.5. The van der Waals surface area contributed by atoms with Crippen molar-refractivity contribution in [3.8, 4) is 0 Å². The highest BCUT2D eigenvalue weighted by Crippen LogP contribution is 2.42. The second-order valence-corrected chi connectivity index (χ2v) is 5.83. The number of halogens is 3. The smallest absolute Gasteiger partial charge is 0.390 e. The predicted octanol–water partition coefficient (Wildman–Crippen LogP) is 3.77. The summed E-state index contributed by atoms with van der Waals surface area (Å²) in [5, 5.41) is 12.2. The standard InChI is InChI=1S/C12H15F3OS/c13-12(14,15)9-3-5-11(16,6-4-9)8-10-2-1-7-17-10/h1-2,7,9,16H,3-6,8H2. The summed E-state index contributed by atoms with van der Waals surface area (Å²) in [6, 6.07) is 3.81. The summed E-state index contributed by atoms with van der Waals surface area (Å²) >= 11 is 1.54. The van der Waals surface area contributed by atoms with Crippen LogP contribution in [0.25, 0.3) is 0 Å². The molecule has 17 heavy (non-hydrogen) atoms. The zero-order valence-corrected chi connectivity index (χ0v) is 10.2. The van der Waals surface area contributed by atoms with Gasteiger partial charge in [0.2, 0.25) is 0 Å². The molecule has 0 spiro atoms. The van der Waals surface area contributed by atoms with Gasteiger partial charge in [-0.1, -0.05) is 6.07 Å². The van der Waals surface area contributed by atoms with E-state index in [1.807, 2.05) is 17.5 Å².